The van der Waals surface area contributed by atoms with Gasteiger partial charge in [0.2, 0.25) is 11.8 Å². The topological polar surface area (TPSA) is 52.7 Å². The summed E-state index contributed by atoms with van der Waals surface area (Å²) in [5.41, 5.74) is 2.01. The summed E-state index contributed by atoms with van der Waals surface area (Å²) in [7, 11) is 3.60. The third-order valence-corrected chi connectivity index (χ3v) is 4.75. The first-order valence-electron chi connectivity index (χ1n) is 9.01. The van der Waals surface area contributed by atoms with Gasteiger partial charge in [-0.1, -0.05) is 39.0 Å². The summed E-state index contributed by atoms with van der Waals surface area (Å²) in [6, 6.07) is 7.97. The zero-order chi connectivity index (χ0) is 18.6. The van der Waals surface area contributed by atoms with Crippen molar-refractivity contribution in [2.24, 2.45) is 5.92 Å². The molecule has 0 aromatic heterocycles. The molecule has 1 aromatic carbocycles. The molecule has 1 N–H and O–H groups in total. The van der Waals surface area contributed by atoms with E-state index in [-0.39, 0.29) is 23.1 Å². The summed E-state index contributed by atoms with van der Waals surface area (Å²) in [5.74, 6) is 0.299. The maximum Gasteiger partial charge on any atom is 0.238 e. The van der Waals surface area contributed by atoms with E-state index in [2.05, 4.69) is 37.1 Å². The zero-order valence-electron chi connectivity index (χ0n) is 16.1. The van der Waals surface area contributed by atoms with Crippen LogP contribution >= 0.6 is 0 Å². The van der Waals surface area contributed by atoms with E-state index in [1.807, 2.05) is 18.2 Å². The Hall–Kier alpha value is -1.88. The number of amides is 2. The molecular weight excluding hydrogens is 314 g/mol. The van der Waals surface area contributed by atoms with Gasteiger partial charge in [0, 0.05) is 25.7 Å². The fourth-order valence-electron chi connectivity index (χ4n) is 3.34. The van der Waals surface area contributed by atoms with Crippen molar-refractivity contribution in [1.82, 2.24) is 9.80 Å². The molecule has 5 heteroatoms. The predicted molar refractivity (Wildman–Crippen MR) is 102 cm³/mol. The number of carbonyl (C=O) groups excluding carboxylic acids is 2. The lowest BCUT2D eigenvalue weighted by Crippen LogP contribution is -2.43. The summed E-state index contributed by atoms with van der Waals surface area (Å²) < 4.78 is 0. The van der Waals surface area contributed by atoms with E-state index in [0.29, 0.717) is 6.54 Å². The van der Waals surface area contributed by atoms with Crippen LogP contribution in [-0.2, 0) is 15.0 Å². The molecule has 0 radical (unpaired) electrons. The van der Waals surface area contributed by atoms with Crippen LogP contribution in [0, 0.1) is 5.92 Å². The van der Waals surface area contributed by atoms with Gasteiger partial charge in [-0.2, -0.15) is 0 Å². The molecule has 0 spiro atoms. The minimum Gasteiger partial charge on any atom is -0.349 e. The molecule has 2 amide bonds. The second-order valence-electron chi connectivity index (χ2n) is 8.13. The number of carbonyl (C=O) groups is 2. The van der Waals surface area contributed by atoms with E-state index in [9.17, 15) is 9.59 Å². The van der Waals surface area contributed by atoms with Crippen LogP contribution in [0.2, 0.25) is 0 Å². The van der Waals surface area contributed by atoms with Crippen LogP contribution < -0.4 is 5.32 Å². The van der Waals surface area contributed by atoms with Crippen molar-refractivity contribution < 1.29 is 9.59 Å². The van der Waals surface area contributed by atoms with E-state index in [1.54, 1.807) is 19.0 Å². The highest BCUT2D eigenvalue weighted by Crippen LogP contribution is 2.29. The molecule has 0 aliphatic carbocycles. The molecule has 0 unspecified atom stereocenters. The fourth-order valence-corrected chi connectivity index (χ4v) is 3.34. The third-order valence-electron chi connectivity index (χ3n) is 4.75. The van der Waals surface area contributed by atoms with Crippen molar-refractivity contribution in [3.8, 4) is 0 Å². The molecule has 0 atom stereocenters. The van der Waals surface area contributed by atoms with Crippen LogP contribution in [0.25, 0.3) is 0 Å². The van der Waals surface area contributed by atoms with E-state index in [4.69, 9.17) is 0 Å². The van der Waals surface area contributed by atoms with Crippen molar-refractivity contribution in [3.63, 3.8) is 0 Å². The van der Waals surface area contributed by atoms with Gasteiger partial charge in [-0.3, -0.25) is 14.5 Å². The Balaban J connectivity index is 1.90. The predicted octanol–water partition coefficient (Wildman–Crippen LogP) is 2.72. The Morgan fingerprint density at radius 3 is 2.32 bits per heavy atom. The number of rotatable bonds is 4. The molecule has 1 aromatic rings. The maximum absolute atomic E-state index is 12.5. The van der Waals surface area contributed by atoms with Crippen molar-refractivity contribution >= 4 is 17.5 Å². The molecule has 1 fully saturated rings. The molecule has 0 saturated carbocycles. The maximum atomic E-state index is 12.5. The molecule has 1 saturated heterocycles. The molecule has 1 aliphatic heterocycles. The first-order valence-corrected chi connectivity index (χ1v) is 9.01. The van der Waals surface area contributed by atoms with E-state index < -0.39 is 0 Å². The lowest BCUT2D eigenvalue weighted by atomic mass is 9.86. The molecular formula is C20H31N3O2. The van der Waals surface area contributed by atoms with E-state index in [0.717, 1.165) is 37.2 Å². The largest absolute Gasteiger partial charge is 0.349 e. The quantitative estimate of drug-likeness (QED) is 0.913. The van der Waals surface area contributed by atoms with Crippen LogP contribution in [0.4, 0.5) is 5.69 Å². The molecule has 0 bridgehead atoms. The van der Waals surface area contributed by atoms with Crippen LogP contribution in [0.5, 0.6) is 0 Å². The third kappa shape index (κ3) is 5.30. The van der Waals surface area contributed by atoms with E-state index in [1.165, 1.54) is 0 Å². The van der Waals surface area contributed by atoms with Gasteiger partial charge in [-0.15, -0.1) is 0 Å². The molecule has 1 aliphatic rings. The lowest BCUT2D eigenvalue weighted by molar-refractivity contribution is -0.134. The Morgan fingerprint density at radius 2 is 1.76 bits per heavy atom. The Morgan fingerprint density at radius 1 is 1.16 bits per heavy atom. The summed E-state index contributed by atoms with van der Waals surface area (Å²) in [6.45, 7) is 8.39. The summed E-state index contributed by atoms with van der Waals surface area (Å²) in [5, 5.41) is 3.06. The highest BCUT2D eigenvalue weighted by atomic mass is 16.2. The van der Waals surface area contributed by atoms with Crippen LogP contribution in [0.3, 0.4) is 0 Å². The number of piperidine rings is 1. The molecule has 1 heterocycles. The molecule has 5 nitrogen and oxygen atoms in total. The van der Waals surface area contributed by atoms with Gasteiger partial charge in [0.15, 0.2) is 0 Å². The molecule has 138 valence electrons. The molecule has 25 heavy (non-hydrogen) atoms. The Bertz CT molecular complexity index is 612. The average molecular weight is 345 g/mol. The number of likely N-dealkylation sites (tertiary alicyclic amines) is 1. The number of nitrogens with zero attached hydrogens (tertiary/aromatic N) is 2. The van der Waals surface area contributed by atoms with Crippen molar-refractivity contribution in [2.45, 2.75) is 39.0 Å². The minimum atomic E-state index is -0.0191. The number of hydrogen-bond donors (Lipinski definition) is 1. The number of para-hydroxylation sites is 1. The van der Waals surface area contributed by atoms with E-state index >= 15 is 0 Å². The Kier molecular flexibility index (Phi) is 6.22. The fraction of sp³-hybridized carbons (Fsp3) is 0.600. The first kappa shape index (κ1) is 19.4. The SMILES string of the molecule is CN(C)C(=O)C1CCN(CC(=O)Nc2ccccc2C(C)(C)C)CC1. The van der Waals surface area contributed by atoms with Gasteiger partial charge < -0.3 is 10.2 Å². The monoisotopic (exact) mass is 345 g/mol. The normalized spacial score (nSPS) is 16.5. The Labute approximate surface area is 151 Å². The smallest absolute Gasteiger partial charge is 0.238 e. The van der Waals surface area contributed by atoms with Crippen molar-refractivity contribution in [3.05, 3.63) is 29.8 Å². The lowest BCUT2D eigenvalue weighted by Gasteiger charge is -2.32. The number of anilines is 1. The van der Waals surface area contributed by atoms with Crippen molar-refractivity contribution in [1.29, 1.82) is 0 Å². The van der Waals surface area contributed by atoms with Gasteiger partial charge in [-0.25, -0.2) is 0 Å². The number of hydrogen-bond acceptors (Lipinski definition) is 3. The van der Waals surface area contributed by atoms with Gasteiger partial charge in [-0.05, 0) is 43.0 Å². The summed E-state index contributed by atoms with van der Waals surface area (Å²) in [6.07, 6.45) is 1.64. The van der Waals surface area contributed by atoms with Gasteiger partial charge in [0.25, 0.3) is 0 Å². The number of nitrogens with one attached hydrogen (secondary N) is 1. The van der Waals surface area contributed by atoms with Crippen LogP contribution in [-0.4, -0.2) is 55.3 Å². The second-order valence-corrected chi connectivity index (χ2v) is 8.13. The van der Waals surface area contributed by atoms with Gasteiger partial charge in [0.05, 0.1) is 6.54 Å². The highest BCUT2D eigenvalue weighted by molar-refractivity contribution is 5.93. The van der Waals surface area contributed by atoms with Crippen LogP contribution in [0.15, 0.2) is 24.3 Å². The van der Waals surface area contributed by atoms with Crippen LogP contribution in [0.1, 0.15) is 39.2 Å². The molecule has 2 rings (SSSR count). The number of benzene rings is 1. The second kappa shape index (κ2) is 8.00. The van der Waals surface area contributed by atoms with Gasteiger partial charge in [0.1, 0.15) is 0 Å². The summed E-state index contributed by atoms with van der Waals surface area (Å²) >= 11 is 0. The van der Waals surface area contributed by atoms with Gasteiger partial charge >= 0.3 is 0 Å². The highest BCUT2D eigenvalue weighted by Gasteiger charge is 2.27. The minimum absolute atomic E-state index is 0.00841. The first-order chi connectivity index (χ1) is 11.7. The standard InChI is InChI=1S/C20H31N3O2/c1-20(2,3)16-8-6-7-9-17(16)21-18(24)14-23-12-10-15(11-13-23)19(25)22(4)5/h6-9,15H,10-14H2,1-5H3,(H,21,24). The van der Waals surface area contributed by atoms with Crippen molar-refractivity contribution in [2.75, 3.05) is 39.0 Å². The summed E-state index contributed by atoms with van der Waals surface area (Å²) in [4.78, 5) is 28.3. The average Bonchev–Trinajstić information content (AvgIpc) is 2.54. The zero-order valence-corrected chi connectivity index (χ0v) is 16.1.